The fourth-order valence-corrected chi connectivity index (χ4v) is 5.05. The number of pyridine rings is 1. The molecule has 0 fully saturated rings. The van der Waals surface area contributed by atoms with Crippen LogP contribution in [0.5, 0.6) is 23.0 Å². The lowest BCUT2D eigenvalue weighted by Crippen LogP contribution is -2.28. The Labute approximate surface area is 277 Å². The normalized spacial score (nSPS) is 10.8. The van der Waals surface area contributed by atoms with Crippen molar-refractivity contribution in [1.29, 1.82) is 0 Å². The highest BCUT2D eigenvalue weighted by Gasteiger charge is 2.18. The number of anilines is 1. The summed E-state index contributed by atoms with van der Waals surface area (Å²) in [6.45, 7) is 2.33. The minimum atomic E-state index is -0.606. The average molecular weight is 652 g/mol. The quantitative estimate of drug-likeness (QED) is 0.0679. The monoisotopic (exact) mass is 651 g/mol. The van der Waals surface area contributed by atoms with Gasteiger partial charge in [-0.1, -0.05) is 38.0 Å². The van der Waals surface area contributed by atoms with Crippen LogP contribution in [0.3, 0.4) is 0 Å². The number of nitrogens with zero attached hydrogens (tertiary/aromatic N) is 3. The average Bonchev–Trinajstić information content (AvgIpc) is 3.12. The van der Waals surface area contributed by atoms with Crippen LogP contribution in [0.2, 0.25) is 0 Å². The van der Waals surface area contributed by atoms with Gasteiger partial charge in [-0.05, 0) is 67.8 Å². The second kappa shape index (κ2) is 16.2. The Morgan fingerprint density at radius 2 is 1.69 bits per heavy atom. The third kappa shape index (κ3) is 8.34. The molecular formula is C36H37N5O7. The maximum atomic E-state index is 13.2. The molecule has 0 aliphatic carbocycles. The van der Waals surface area contributed by atoms with E-state index in [4.69, 9.17) is 19.4 Å². The lowest BCUT2D eigenvalue weighted by Gasteiger charge is -2.14. The van der Waals surface area contributed by atoms with Gasteiger partial charge in [0.15, 0.2) is 17.2 Å². The summed E-state index contributed by atoms with van der Waals surface area (Å²) < 4.78 is 19.3. The van der Waals surface area contributed by atoms with E-state index in [9.17, 15) is 14.4 Å². The molecule has 0 unspecified atom stereocenters. The summed E-state index contributed by atoms with van der Waals surface area (Å²) >= 11 is 0. The molecule has 3 aromatic carbocycles. The van der Waals surface area contributed by atoms with Crippen molar-refractivity contribution in [3.05, 3.63) is 107 Å². The zero-order valence-corrected chi connectivity index (χ0v) is 26.8. The zero-order valence-electron chi connectivity index (χ0n) is 26.8. The van der Waals surface area contributed by atoms with Gasteiger partial charge >= 0.3 is 0 Å². The molecule has 5 aromatic rings. The van der Waals surface area contributed by atoms with Gasteiger partial charge in [-0.3, -0.25) is 24.6 Å². The Hall–Kier alpha value is -5.75. The van der Waals surface area contributed by atoms with Crippen LogP contribution in [-0.2, 0) is 11.2 Å². The lowest BCUT2D eigenvalue weighted by atomic mass is 10.1. The molecule has 3 N–H and O–H groups in total. The molecule has 0 spiro atoms. The van der Waals surface area contributed by atoms with Gasteiger partial charge in [-0.15, -0.1) is 0 Å². The van der Waals surface area contributed by atoms with Crippen molar-refractivity contribution in [2.45, 2.75) is 45.4 Å². The topological polar surface area (TPSA) is 154 Å². The van der Waals surface area contributed by atoms with E-state index in [0.717, 1.165) is 30.3 Å². The molecule has 0 atom stereocenters. The second-order valence-corrected chi connectivity index (χ2v) is 10.9. The molecule has 12 heteroatoms. The summed E-state index contributed by atoms with van der Waals surface area (Å²) in [6.07, 6.45) is 7.26. The second-order valence-electron chi connectivity index (χ2n) is 10.9. The number of para-hydroxylation sites is 1. The molecule has 2 amide bonds. The molecule has 2 aromatic heterocycles. The Balaban J connectivity index is 1.24. The van der Waals surface area contributed by atoms with Crippen molar-refractivity contribution >= 4 is 28.4 Å². The highest BCUT2D eigenvalue weighted by Crippen LogP contribution is 2.37. The van der Waals surface area contributed by atoms with E-state index in [2.05, 4.69) is 15.4 Å². The number of hydroxylamine groups is 1. The fraction of sp³-hybridized carbons (Fsp3) is 0.250. The molecule has 0 aliphatic rings. The molecule has 0 radical (unpaired) electrons. The summed E-state index contributed by atoms with van der Waals surface area (Å²) in [5, 5.41) is 16.4. The fourth-order valence-electron chi connectivity index (χ4n) is 5.05. The van der Waals surface area contributed by atoms with E-state index in [1.807, 2.05) is 43.3 Å². The number of rotatable bonds is 15. The molecule has 48 heavy (non-hydrogen) atoms. The van der Waals surface area contributed by atoms with Gasteiger partial charge in [0, 0.05) is 41.5 Å². The number of carbonyl (C=O) groups is 2. The van der Waals surface area contributed by atoms with Gasteiger partial charge in [0.05, 0.1) is 24.9 Å². The number of unbranched alkanes of at least 4 members (excludes halogenated alkanes) is 3. The highest BCUT2D eigenvalue weighted by atomic mass is 16.5. The number of benzene rings is 3. The minimum Gasteiger partial charge on any atom is -0.493 e. The Bertz CT molecular complexity index is 1930. The largest absolute Gasteiger partial charge is 0.493 e. The van der Waals surface area contributed by atoms with Crippen molar-refractivity contribution < 1.29 is 29.0 Å². The Kier molecular flexibility index (Phi) is 11.3. The van der Waals surface area contributed by atoms with Gasteiger partial charge in [0.25, 0.3) is 5.91 Å². The lowest BCUT2D eigenvalue weighted by molar-refractivity contribution is -0.129. The van der Waals surface area contributed by atoms with E-state index >= 15 is 0 Å². The first-order valence-electron chi connectivity index (χ1n) is 15.7. The standard InChI is InChI=1S/C36H37N5O7/c1-3-24-23-41(26-11-7-6-8-12-26)39-34(35(24)43)36(44)38-25-14-16-27(17-15-25)48-30-18-19-37-29-22-32(31(46-2)21-28(29)30)47-20-10-5-4-9-13-33(42)40-45/h6-8,11-12,14-19,21-23,45H,3-5,9-10,13,20H2,1-2H3,(H,38,44)(H,40,42). The number of aryl methyl sites for hydroxylation is 1. The van der Waals surface area contributed by atoms with Gasteiger partial charge in [0.1, 0.15) is 11.5 Å². The molecule has 5 rings (SSSR count). The summed E-state index contributed by atoms with van der Waals surface area (Å²) in [4.78, 5) is 41.8. The number of fused-ring (bicyclic) bond motifs is 1. The molecule has 0 bridgehead atoms. The SMILES string of the molecule is CCc1cn(-c2ccccc2)nc(C(=O)Nc2ccc(Oc3ccnc4cc(OCCCCCCC(=O)NO)c(OC)cc34)cc2)c1=O. The molecule has 0 saturated carbocycles. The zero-order chi connectivity index (χ0) is 33.9. The maximum Gasteiger partial charge on any atom is 0.280 e. The summed E-state index contributed by atoms with van der Waals surface area (Å²) in [5.41, 5.74) is 3.40. The van der Waals surface area contributed by atoms with Crippen LogP contribution < -0.4 is 30.4 Å². The van der Waals surface area contributed by atoms with Crippen LogP contribution in [0.4, 0.5) is 5.69 Å². The number of hydrogen-bond acceptors (Lipinski definition) is 9. The van der Waals surface area contributed by atoms with Crippen molar-refractivity contribution in [3.63, 3.8) is 0 Å². The van der Waals surface area contributed by atoms with Gasteiger partial charge in [-0.2, -0.15) is 5.10 Å². The van der Waals surface area contributed by atoms with Gasteiger partial charge < -0.3 is 19.5 Å². The smallest absolute Gasteiger partial charge is 0.280 e. The van der Waals surface area contributed by atoms with Crippen molar-refractivity contribution in [2.24, 2.45) is 0 Å². The molecule has 2 heterocycles. The third-order valence-electron chi connectivity index (χ3n) is 7.62. The Morgan fingerprint density at radius 1 is 0.917 bits per heavy atom. The summed E-state index contributed by atoms with van der Waals surface area (Å²) in [7, 11) is 1.56. The van der Waals surface area contributed by atoms with Crippen molar-refractivity contribution in [2.75, 3.05) is 19.0 Å². The number of aromatic nitrogens is 3. The Morgan fingerprint density at radius 3 is 2.42 bits per heavy atom. The number of carbonyl (C=O) groups excluding carboxylic acids is 2. The van der Waals surface area contributed by atoms with Crippen LogP contribution in [0.1, 0.15) is 55.1 Å². The van der Waals surface area contributed by atoms with E-state index in [0.29, 0.717) is 59.2 Å². The summed E-state index contributed by atoms with van der Waals surface area (Å²) in [6, 6.07) is 21.5. The molecule has 248 valence electrons. The first-order chi connectivity index (χ1) is 23.4. The predicted molar refractivity (Wildman–Crippen MR) is 180 cm³/mol. The van der Waals surface area contributed by atoms with Crippen molar-refractivity contribution in [1.82, 2.24) is 20.2 Å². The first kappa shape index (κ1) is 33.6. The highest BCUT2D eigenvalue weighted by molar-refractivity contribution is 6.02. The van der Waals surface area contributed by atoms with Gasteiger partial charge in [0.2, 0.25) is 11.3 Å². The number of methoxy groups -OCH3 is 1. The van der Waals surface area contributed by atoms with E-state index in [-0.39, 0.29) is 18.0 Å². The molecule has 12 nitrogen and oxygen atoms in total. The number of ether oxygens (including phenoxy) is 3. The van der Waals surface area contributed by atoms with Crippen LogP contribution >= 0.6 is 0 Å². The molecule has 0 aliphatic heterocycles. The van der Waals surface area contributed by atoms with Gasteiger partial charge in [-0.25, -0.2) is 10.2 Å². The van der Waals surface area contributed by atoms with Crippen LogP contribution in [0.15, 0.2) is 90.0 Å². The van der Waals surface area contributed by atoms with E-state index < -0.39 is 11.3 Å². The van der Waals surface area contributed by atoms with E-state index in [1.165, 1.54) is 0 Å². The first-order valence-corrected chi connectivity index (χ1v) is 15.7. The predicted octanol–water partition coefficient (Wildman–Crippen LogP) is 6.23. The number of nitrogens with one attached hydrogen (secondary N) is 2. The van der Waals surface area contributed by atoms with Crippen molar-refractivity contribution in [3.8, 4) is 28.7 Å². The number of amides is 2. The third-order valence-corrected chi connectivity index (χ3v) is 7.62. The molecular weight excluding hydrogens is 614 g/mol. The minimum absolute atomic E-state index is 0.191. The maximum absolute atomic E-state index is 13.2. The van der Waals surface area contributed by atoms with Crippen LogP contribution in [0, 0.1) is 0 Å². The summed E-state index contributed by atoms with van der Waals surface area (Å²) in [5.74, 6) is 1.18. The van der Waals surface area contributed by atoms with E-state index in [1.54, 1.807) is 66.1 Å². The van der Waals surface area contributed by atoms with Crippen LogP contribution in [-0.4, -0.2) is 45.5 Å². The van der Waals surface area contributed by atoms with Crippen LogP contribution in [0.25, 0.3) is 16.6 Å². The number of hydrogen-bond donors (Lipinski definition) is 3. The molecule has 0 saturated heterocycles.